The predicted molar refractivity (Wildman–Crippen MR) is 142 cm³/mol. The molecule has 1 saturated heterocycles. The molecule has 0 bridgehead atoms. The number of nitrogens with zero attached hydrogens (tertiary/aromatic N) is 7. The summed E-state index contributed by atoms with van der Waals surface area (Å²) in [5.41, 5.74) is -1.26. The number of imidazole rings is 1. The van der Waals surface area contributed by atoms with Crippen LogP contribution in [-0.4, -0.2) is 85.1 Å². The third-order valence-corrected chi connectivity index (χ3v) is 7.36. The van der Waals surface area contributed by atoms with Gasteiger partial charge in [0.15, 0.2) is 5.65 Å². The van der Waals surface area contributed by atoms with E-state index in [4.69, 9.17) is 4.74 Å². The van der Waals surface area contributed by atoms with Gasteiger partial charge in [-0.2, -0.15) is 23.4 Å². The average Bonchev–Trinajstić information content (AvgIpc) is 3.58. The standard InChI is InChI=1S/C26H34F5N9O3/c1-15(2)40-21(33-14-35-40)22(41)37-17(6-7-24(3,4)26(29,30)31)18-10-39-20(36-18)8-16(9-34-39)19(11-43-5)38-13-25(27,28)12-32-23(38)42/h8-10,14-15,17,19H,6-7,11-13H2,1-5H3,(H,32,42)(H,37,41)/t17-,19+/m0/s1. The molecule has 4 rings (SSSR count). The highest BCUT2D eigenvalue weighted by atomic mass is 19.4. The van der Waals surface area contributed by atoms with E-state index in [1.165, 1.54) is 41.1 Å². The molecule has 3 amide bonds. The second-order valence-corrected chi connectivity index (χ2v) is 11.4. The quantitative estimate of drug-likeness (QED) is 0.311. The van der Waals surface area contributed by atoms with Crippen molar-refractivity contribution < 1.29 is 36.3 Å². The van der Waals surface area contributed by atoms with Gasteiger partial charge in [0.1, 0.15) is 6.33 Å². The number of carbonyl (C=O) groups excluding carboxylic acids is 2. The van der Waals surface area contributed by atoms with Gasteiger partial charge in [0.05, 0.1) is 55.3 Å². The van der Waals surface area contributed by atoms with Crippen LogP contribution in [0.15, 0.2) is 24.8 Å². The number of nitrogens with one attached hydrogen (secondary N) is 2. The summed E-state index contributed by atoms with van der Waals surface area (Å²) >= 11 is 0. The number of amides is 3. The minimum Gasteiger partial charge on any atom is -0.382 e. The zero-order valence-corrected chi connectivity index (χ0v) is 24.3. The molecule has 0 aromatic carbocycles. The molecular formula is C26H34F5N9O3. The summed E-state index contributed by atoms with van der Waals surface area (Å²) in [5, 5.41) is 13.2. The molecule has 1 aliphatic rings. The number of urea groups is 1. The van der Waals surface area contributed by atoms with Crippen molar-refractivity contribution in [2.45, 2.75) is 70.8 Å². The summed E-state index contributed by atoms with van der Waals surface area (Å²) in [6.45, 7) is 4.02. The second-order valence-electron chi connectivity index (χ2n) is 11.4. The molecular weight excluding hydrogens is 581 g/mol. The lowest BCUT2D eigenvalue weighted by Gasteiger charge is -2.38. The summed E-state index contributed by atoms with van der Waals surface area (Å²) in [7, 11) is 1.36. The van der Waals surface area contributed by atoms with E-state index in [2.05, 4.69) is 30.8 Å². The van der Waals surface area contributed by atoms with Gasteiger partial charge >= 0.3 is 12.2 Å². The van der Waals surface area contributed by atoms with Gasteiger partial charge in [-0.3, -0.25) is 4.79 Å². The van der Waals surface area contributed by atoms with Crippen LogP contribution in [-0.2, 0) is 4.74 Å². The number of aromatic nitrogens is 6. The molecule has 0 unspecified atom stereocenters. The zero-order chi connectivity index (χ0) is 31.7. The van der Waals surface area contributed by atoms with E-state index in [0.29, 0.717) is 5.56 Å². The second kappa shape index (κ2) is 12.0. The van der Waals surface area contributed by atoms with Crippen molar-refractivity contribution >= 4 is 17.6 Å². The van der Waals surface area contributed by atoms with Crippen molar-refractivity contribution in [1.82, 2.24) is 44.9 Å². The highest BCUT2D eigenvalue weighted by Gasteiger charge is 2.47. The summed E-state index contributed by atoms with van der Waals surface area (Å²) in [6, 6.07) is -1.28. The molecule has 43 heavy (non-hydrogen) atoms. The number of hydrogen-bond acceptors (Lipinski definition) is 7. The highest BCUT2D eigenvalue weighted by Crippen LogP contribution is 2.42. The molecule has 17 heteroatoms. The van der Waals surface area contributed by atoms with Gasteiger partial charge in [0.25, 0.3) is 11.8 Å². The van der Waals surface area contributed by atoms with Crippen LogP contribution in [0, 0.1) is 5.41 Å². The Balaban J connectivity index is 1.67. The topological polar surface area (TPSA) is 132 Å². The lowest BCUT2D eigenvalue weighted by Crippen LogP contribution is -2.58. The summed E-state index contributed by atoms with van der Waals surface area (Å²) < 4.78 is 77.2. The van der Waals surface area contributed by atoms with E-state index in [-0.39, 0.29) is 42.7 Å². The molecule has 3 aromatic rings. The van der Waals surface area contributed by atoms with Crippen molar-refractivity contribution in [1.29, 1.82) is 0 Å². The van der Waals surface area contributed by atoms with Gasteiger partial charge in [-0.1, -0.05) is 13.8 Å². The van der Waals surface area contributed by atoms with E-state index in [0.717, 1.165) is 18.7 Å². The number of ether oxygens (including phenoxy) is 1. The smallest absolute Gasteiger partial charge is 0.382 e. The Morgan fingerprint density at radius 3 is 2.60 bits per heavy atom. The van der Waals surface area contributed by atoms with Crippen molar-refractivity contribution in [3.05, 3.63) is 41.9 Å². The first kappa shape index (κ1) is 32.0. The first-order chi connectivity index (χ1) is 20.0. The Hall–Kier alpha value is -3.89. The number of methoxy groups -OCH3 is 1. The maximum atomic E-state index is 14.2. The largest absolute Gasteiger partial charge is 0.393 e. The minimum absolute atomic E-state index is 0.0155. The van der Waals surface area contributed by atoms with E-state index in [1.807, 2.05) is 0 Å². The molecule has 1 fully saturated rings. The van der Waals surface area contributed by atoms with E-state index < -0.39 is 54.6 Å². The van der Waals surface area contributed by atoms with Crippen LogP contribution in [0.2, 0.25) is 0 Å². The van der Waals surface area contributed by atoms with Crippen LogP contribution in [0.4, 0.5) is 26.7 Å². The van der Waals surface area contributed by atoms with Gasteiger partial charge in [-0.25, -0.2) is 32.7 Å². The molecule has 0 aliphatic carbocycles. The minimum atomic E-state index is -4.48. The maximum absolute atomic E-state index is 14.2. The lowest BCUT2D eigenvalue weighted by molar-refractivity contribution is -0.214. The van der Waals surface area contributed by atoms with E-state index in [9.17, 15) is 31.5 Å². The molecule has 0 spiro atoms. The summed E-state index contributed by atoms with van der Waals surface area (Å²) in [6.07, 6.45) is -0.900. The lowest BCUT2D eigenvalue weighted by atomic mass is 9.85. The zero-order valence-electron chi connectivity index (χ0n) is 24.3. The van der Waals surface area contributed by atoms with Crippen LogP contribution < -0.4 is 10.6 Å². The maximum Gasteiger partial charge on any atom is 0.393 e. The predicted octanol–water partition coefficient (Wildman–Crippen LogP) is 4.09. The Morgan fingerprint density at radius 2 is 1.95 bits per heavy atom. The number of alkyl halides is 5. The fourth-order valence-electron chi connectivity index (χ4n) is 4.67. The number of hydrogen-bond donors (Lipinski definition) is 2. The highest BCUT2D eigenvalue weighted by molar-refractivity contribution is 5.90. The number of carbonyl (C=O) groups is 2. The molecule has 0 radical (unpaired) electrons. The molecule has 2 N–H and O–H groups in total. The van der Waals surface area contributed by atoms with Crippen LogP contribution in [0.5, 0.6) is 0 Å². The van der Waals surface area contributed by atoms with Crippen LogP contribution in [0.25, 0.3) is 5.65 Å². The Labute approximate surface area is 244 Å². The Morgan fingerprint density at radius 1 is 1.23 bits per heavy atom. The SMILES string of the molecule is COC[C@H](c1cnn2cc([C@H](CCC(C)(C)C(F)(F)F)NC(=O)c3ncnn3C(C)C)nc2c1)N1CC(F)(F)CNC1=O. The van der Waals surface area contributed by atoms with Crippen LogP contribution in [0.3, 0.4) is 0 Å². The van der Waals surface area contributed by atoms with Crippen molar-refractivity contribution in [2.24, 2.45) is 5.41 Å². The number of halogens is 5. The van der Waals surface area contributed by atoms with Crippen LogP contribution >= 0.6 is 0 Å². The first-order valence-electron chi connectivity index (χ1n) is 13.6. The van der Waals surface area contributed by atoms with Crippen LogP contribution in [0.1, 0.15) is 80.5 Å². The number of fused-ring (bicyclic) bond motifs is 1. The molecule has 1 aliphatic heterocycles. The van der Waals surface area contributed by atoms with Crippen molar-refractivity contribution in [3.63, 3.8) is 0 Å². The first-order valence-corrected chi connectivity index (χ1v) is 13.6. The molecule has 2 atom stereocenters. The number of rotatable bonds is 11. The van der Waals surface area contributed by atoms with Gasteiger partial charge in [0.2, 0.25) is 5.82 Å². The van der Waals surface area contributed by atoms with Gasteiger partial charge in [-0.05, 0) is 32.8 Å². The third kappa shape index (κ3) is 7.02. The van der Waals surface area contributed by atoms with Gasteiger partial charge in [-0.15, -0.1) is 0 Å². The normalized spacial score (nSPS) is 17.3. The van der Waals surface area contributed by atoms with E-state index in [1.54, 1.807) is 13.8 Å². The van der Waals surface area contributed by atoms with Crippen molar-refractivity contribution in [2.75, 3.05) is 26.8 Å². The van der Waals surface area contributed by atoms with Gasteiger partial charge in [0, 0.05) is 18.7 Å². The Bertz CT molecular complexity index is 1450. The summed E-state index contributed by atoms with van der Waals surface area (Å²) in [4.78, 5) is 35.1. The fraction of sp³-hybridized carbons (Fsp3) is 0.615. The van der Waals surface area contributed by atoms with Gasteiger partial charge < -0.3 is 20.3 Å². The Kier molecular flexibility index (Phi) is 8.95. The van der Waals surface area contributed by atoms with E-state index >= 15 is 0 Å². The van der Waals surface area contributed by atoms with Crippen molar-refractivity contribution in [3.8, 4) is 0 Å². The molecule has 3 aromatic heterocycles. The molecule has 12 nitrogen and oxygen atoms in total. The summed E-state index contributed by atoms with van der Waals surface area (Å²) in [5.74, 6) is -3.82. The molecule has 236 valence electrons. The monoisotopic (exact) mass is 615 g/mol. The third-order valence-electron chi connectivity index (χ3n) is 7.36. The fourth-order valence-corrected chi connectivity index (χ4v) is 4.67. The molecule has 0 saturated carbocycles. The molecule has 4 heterocycles. The average molecular weight is 616 g/mol.